The Morgan fingerprint density at radius 1 is 1.69 bits per heavy atom. The van der Waals surface area contributed by atoms with Crippen molar-refractivity contribution in [1.29, 1.82) is 0 Å². The average Bonchev–Trinajstić information content (AvgIpc) is 2.13. The number of rotatable bonds is 4. The fourth-order valence-corrected chi connectivity index (χ4v) is 1.73. The van der Waals surface area contributed by atoms with Gasteiger partial charge < -0.3 is 0 Å². The Bertz CT molecular complexity index is 326. The van der Waals surface area contributed by atoms with Gasteiger partial charge in [0.15, 0.2) is 0 Å². The summed E-state index contributed by atoms with van der Waals surface area (Å²) in [5.74, 6) is 1.07. The van der Waals surface area contributed by atoms with E-state index in [2.05, 4.69) is 27.2 Å². The van der Waals surface area contributed by atoms with Gasteiger partial charge >= 0.3 is 0 Å². The second-order valence-corrected chi connectivity index (χ2v) is 4.43. The van der Waals surface area contributed by atoms with E-state index in [0.717, 1.165) is 18.7 Å². The molecule has 0 saturated carbocycles. The zero-order chi connectivity index (χ0) is 9.68. The zero-order valence-electron chi connectivity index (χ0n) is 7.36. The Kier molecular flexibility index (Phi) is 4.52. The third-order valence-electron chi connectivity index (χ3n) is 1.61. The molecule has 1 aromatic rings. The molecule has 0 fully saturated rings. The summed E-state index contributed by atoms with van der Waals surface area (Å²) in [6.45, 7) is 0.742. The van der Waals surface area contributed by atoms with Gasteiger partial charge in [0.1, 0.15) is 4.47 Å². The molecular formula is C8H11BrN2OS. The third kappa shape index (κ3) is 3.15. The van der Waals surface area contributed by atoms with Gasteiger partial charge in [0.25, 0.3) is 5.56 Å². The highest BCUT2D eigenvalue weighted by atomic mass is 79.9. The maximum atomic E-state index is 11.4. The van der Waals surface area contributed by atoms with Gasteiger partial charge in [0.05, 0.1) is 6.33 Å². The molecule has 0 aromatic carbocycles. The molecule has 0 amide bonds. The van der Waals surface area contributed by atoms with E-state index >= 15 is 0 Å². The Morgan fingerprint density at radius 3 is 3.15 bits per heavy atom. The fourth-order valence-electron chi connectivity index (χ4n) is 0.963. The maximum absolute atomic E-state index is 11.4. The number of thioether (sulfide) groups is 1. The van der Waals surface area contributed by atoms with Crippen LogP contribution in [0, 0.1) is 0 Å². The second kappa shape index (κ2) is 5.44. The minimum atomic E-state index is -0.00361. The van der Waals surface area contributed by atoms with E-state index in [9.17, 15) is 4.79 Å². The third-order valence-corrected chi connectivity index (χ3v) is 2.85. The van der Waals surface area contributed by atoms with E-state index in [1.54, 1.807) is 22.7 Å². The highest BCUT2D eigenvalue weighted by molar-refractivity contribution is 9.10. The van der Waals surface area contributed by atoms with Crippen molar-refractivity contribution < 1.29 is 0 Å². The van der Waals surface area contributed by atoms with E-state index in [4.69, 9.17) is 0 Å². The summed E-state index contributed by atoms with van der Waals surface area (Å²) in [5.41, 5.74) is -0.00361. The number of halogens is 1. The molecule has 0 unspecified atom stereocenters. The van der Waals surface area contributed by atoms with Gasteiger partial charge in [-0.3, -0.25) is 9.36 Å². The van der Waals surface area contributed by atoms with E-state index in [-0.39, 0.29) is 5.56 Å². The fraction of sp³-hybridized carbons (Fsp3) is 0.500. The standard InChI is InChI=1S/C8H11BrN2OS/c1-13-4-2-3-11-6-10-5-7(9)8(11)12/h5-6H,2-4H2,1H3. The van der Waals surface area contributed by atoms with Crippen molar-refractivity contribution in [3.63, 3.8) is 0 Å². The van der Waals surface area contributed by atoms with Crippen molar-refractivity contribution in [2.24, 2.45) is 0 Å². The predicted octanol–water partition coefficient (Wildman–Crippen LogP) is 1.76. The normalized spacial score (nSPS) is 10.3. The van der Waals surface area contributed by atoms with E-state index in [0.29, 0.717) is 4.47 Å². The summed E-state index contributed by atoms with van der Waals surface area (Å²) in [4.78, 5) is 15.4. The summed E-state index contributed by atoms with van der Waals surface area (Å²) >= 11 is 4.94. The first kappa shape index (κ1) is 10.8. The molecular weight excluding hydrogens is 252 g/mol. The first-order chi connectivity index (χ1) is 6.25. The van der Waals surface area contributed by atoms with Crippen LogP contribution < -0.4 is 5.56 Å². The Labute approximate surface area is 89.7 Å². The highest BCUT2D eigenvalue weighted by Crippen LogP contribution is 2.00. The summed E-state index contributed by atoms with van der Waals surface area (Å²) in [7, 11) is 0. The van der Waals surface area contributed by atoms with Crippen LogP contribution in [0.5, 0.6) is 0 Å². The quantitative estimate of drug-likeness (QED) is 0.776. The first-order valence-corrected chi connectivity index (χ1v) is 6.13. The summed E-state index contributed by atoms with van der Waals surface area (Å²) < 4.78 is 2.15. The molecule has 0 aliphatic heterocycles. The zero-order valence-corrected chi connectivity index (χ0v) is 9.77. The van der Waals surface area contributed by atoms with Gasteiger partial charge in [-0.1, -0.05) is 0 Å². The minimum Gasteiger partial charge on any atom is -0.298 e. The van der Waals surface area contributed by atoms with E-state index < -0.39 is 0 Å². The molecule has 0 atom stereocenters. The van der Waals surface area contributed by atoms with Crippen molar-refractivity contribution in [1.82, 2.24) is 9.55 Å². The lowest BCUT2D eigenvalue weighted by Crippen LogP contribution is -2.20. The SMILES string of the molecule is CSCCCn1cncc(Br)c1=O. The predicted molar refractivity (Wildman–Crippen MR) is 59.2 cm³/mol. The molecule has 3 nitrogen and oxygen atoms in total. The number of aryl methyl sites for hydroxylation is 1. The highest BCUT2D eigenvalue weighted by Gasteiger charge is 1.99. The van der Waals surface area contributed by atoms with Crippen LogP contribution in [-0.2, 0) is 6.54 Å². The number of nitrogens with zero attached hydrogens (tertiary/aromatic N) is 2. The number of aromatic nitrogens is 2. The van der Waals surface area contributed by atoms with Crippen LogP contribution in [0.3, 0.4) is 0 Å². The van der Waals surface area contributed by atoms with Gasteiger partial charge in [0.2, 0.25) is 0 Å². The first-order valence-electron chi connectivity index (χ1n) is 3.94. The lowest BCUT2D eigenvalue weighted by atomic mass is 10.4. The summed E-state index contributed by atoms with van der Waals surface area (Å²) in [5, 5.41) is 0. The van der Waals surface area contributed by atoms with Crippen LogP contribution in [0.25, 0.3) is 0 Å². The summed E-state index contributed by atoms with van der Waals surface area (Å²) in [6.07, 6.45) is 6.15. The monoisotopic (exact) mass is 262 g/mol. The largest absolute Gasteiger partial charge is 0.298 e. The van der Waals surface area contributed by atoms with Crippen LogP contribution in [0.15, 0.2) is 21.8 Å². The number of hydrogen-bond acceptors (Lipinski definition) is 3. The Hall–Kier alpha value is -0.290. The van der Waals surface area contributed by atoms with Gasteiger partial charge in [-0.05, 0) is 34.4 Å². The second-order valence-electron chi connectivity index (χ2n) is 2.59. The smallest absolute Gasteiger partial charge is 0.267 e. The molecule has 0 saturated heterocycles. The van der Waals surface area contributed by atoms with Crippen LogP contribution in [0.4, 0.5) is 0 Å². The van der Waals surface area contributed by atoms with Crippen molar-refractivity contribution >= 4 is 27.7 Å². The Balaban J connectivity index is 2.67. The molecule has 0 bridgehead atoms. The molecule has 0 spiro atoms. The molecule has 13 heavy (non-hydrogen) atoms. The Morgan fingerprint density at radius 2 is 2.46 bits per heavy atom. The molecule has 5 heteroatoms. The maximum Gasteiger partial charge on any atom is 0.267 e. The van der Waals surface area contributed by atoms with Crippen molar-refractivity contribution in [2.75, 3.05) is 12.0 Å². The molecule has 72 valence electrons. The lowest BCUT2D eigenvalue weighted by molar-refractivity contribution is 0.641. The van der Waals surface area contributed by atoms with Crippen LogP contribution in [-0.4, -0.2) is 21.6 Å². The van der Waals surface area contributed by atoms with E-state index in [1.807, 2.05) is 0 Å². The molecule has 1 aromatic heterocycles. The van der Waals surface area contributed by atoms with Gasteiger partial charge in [-0.2, -0.15) is 11.8 Å². The van der Waals surface area contributed by atoms with Crippen LogP contribution in [0.1, 0.15) is 6.42 Å². The van der Waals surface area contributed by atoms with Gasteiger partial charge in [-0.15, -0.1) is 0 Å². The molecule has 0 radical (unpaired) electrons. The lowest BCUT2D eigenvalue weighted by Gasteiger charge is -2.03. The van der Waals surface area contributed by atoms with Crippen molar-refractivity contribution in [3.8, 4) is 0 Å². The molecule has 0 N–H and O–H groups in total. The number of hydrogen-bond donors (Lipinski definition) is 0. The summed E-state index contributed by atoms with van der Waals surface area (Å²) in [6, 6.07) is 0. The van der Waals surface area contributed by atoms with Crippen molar-refractivity contribution in [2.45, 2.75) is 13.0 Å². The molecule has 1 heterocycles. The van der Waals surface area contributed by atoms with Crippen LogP contribution in [0.2, 0.25) is 0 Å². The van der Waals surface area contributed by atoms with Crippen molar-refractivity contribution in [3.05, 3.63) is 27.4 Å². The average molecular weight is 263 g/mol. The molecule has 0 aliphatic rings. The van der Waals surface area contributed by atoms with E-state index in [1.165, 1.54) is 6.20 Å². The minimum absolute atomic E-state index is 0.00361. The topological polar surface area (TPSA) is 34.9 Å². The molecule has 0 aliphatic carbocycles. The molecule has 1 rings (SSSR count). The van der Waals surface area contributed by atoms with Gasteiger partial charge in [0, 0.05) is 12.7 Å². The van der Waals surface area contributed by atoms with Gasteiger partial charge in [-0.25, -0.2) is 4.98 Å². The van der Waals surface area contributed by atoms with Crippen LogP contribution >= 0.6 is 27.7 Å².